The molecule has 0 fully saturated rings. The summed E-state index contributed by atoms with van der Waals surface area (Å²) < 4.78 is 39.3. The summed E-state index contributed by atoms with van der Waals surface area (Å²) in [5.74, 6) is -0.711. The number of carbonyl (C=O) groups excluding carboxylic acids is 2. The predicted octanol–water partition coefficient (Wildman–Crippen LogP) is 6.92. The van der Waals surface area contributed by atoms with E-state index in [1.54, 1.807) is 53.0 Å². The van der Waals surface area contributed by atoms with Crippen molar-refractivity contribution in [3.05, 3.63) is 70.9 Å². The van der Waals surface area contributed by atoms with Crippen LogP contribution in [0.2, 0.25) is 0 Å². The maximum Gasteiger partial charge on any atom is 0.416 e. The lowest BCUT2D eigenvalue weighted by molar-refractivity contribution is -0.153. The van der Waals surface area contributed by atoms with E-state index in [-0.39, 0.29) is 27.7 Å². The number of benzene rings is 1. The minimum Gasteiger partial charge on any atom is -0.459 e. The van der Waals surface area contributed by atoms with E-state index in [1.807, 2.05) is 24.3 Å². The van der Waals surface area contributed by atoms with Gasteiger partial charge in [-0.25, -0.2) is 23.2 Å². The summed E-state index contributed by atoms with van der Waals surface area (Å²) in [5, 5.41) is 1.56. The van der Waals surface area contributed by atoms with Gasteiger partial charge in [0.05, 0.1) is 5.69 Å². The monoisotopic (exact) mass is 672 g/mol. The molecule has 0 aliphatic carbocycles. The Kier molecular flexibility index (Phi) is 11.4. The number of hydrogen-bond acceptors (Lipinski definition) is 10. The number of ether oxygens (including phenoxy) is 2. The van der Waals surface area contributed by atoms with Crippen LogP contribution in [-0.2, 0) is 40.8 Å². The fourth-order valence-electron chi connectivity index (χ4n) is 4.83. The summed E-state index contributed by atoms with van der Waals surface area (Å²) in [6, 6.07) is 12.3. The van der Waals surface area contributed by atoms with Gasteiger partial charge in [0, 0.05) is 18.0 Å². The number of carbonyl (C=O) groups is 2. The van der Waals surface area contributed by atoms with Crippen LogP contribution >= 0.6 is 11.3 Å². The van der Waals surface area contributed by atoms with E-state index in [1.165, 1.54) is 18.3 Å². The molecule has 252 valence electrons. The maximum absolute atomic E-state index is 14.2. The molecule has 1 amide bonds. The van der Waals surface area contributed by atoms with Gasteiger partial charge < -0.3 is 15.2 Å². The molecule has 3 aromatic rings. The molecule has 12 heteroatoms. The van der Waals surface area contributed by atoms with Gasteiger partial charge in [-0.15, -0.1) is 11.3 Å². The molecule has 0 saturated carbocycles. The molecule has 46 heavy (non-hydrogen) atoms. The van der Waals surface area contributed by atoms with E-state index in [2.05, 4.69) is 30.7 Å². The van der Waals surface area contributed by atoms with Crippen LogP contribution < -0.4 is 10.6 Å². The van der Waals surface area contributed by atoms with Crippen LogP contribution in [0.1, 0.15) is 98.4 Å². The molecule has 1 unspecified atom stereocenters. The van der Waals surface area contributed by atoms with Gasteiger partial charge in [-0.05, 0) is 76.6 Å². The van der Waals surface area contributed by atoms with Gasteiger partial charge in [-0.3, -0.25) is 9.69 Å². The average molecular weight is 673 g/mol. The zero-order valence-corrected chi connectivity index (χ0v) is 30.0. The first-order valence-electron chi connectivity index (χ1n) is 15.4. The lowest BCUT2D eigenvalue weighted by Gasteiger charge is -2.31. The summed E-state index contributed by atoms with van der Waals surface area (Å²) >= 11 is 0.958. The minimum absolute atomic E-state index is 0.0187. The molecule has 1 atom stereocenters. The number of unbranched alkanes of at least 4 members (excludes halogenated alkanes) is 1. The Morgan fingerprint density at radius 1 is 0.935 bits per heavy atom. The number of anilines is 1. The molecule has 1 aromatic carbocycles. The van der Waals surface area contributed by atoms with E-state index in [0.717, 1.165) is 41.1 Å². The number of sulfone groups is 1. The first kappa shape index (κ1) is 37.1. The Labute approximate surface area is 277 Å². The molecular formula is C34H48N4O6S2. The summed E-state index contributed by atoms with van der Waals surface area (Å²) in [7, 11) is -4.30. The standard InChI is InChI=1S/C34H48N4O6S2/c1-10-11-19-33(8,9)25-17-15-24(16-18-25)22-34(35,46(41,42)29-36-20-21-45-29)26-13-12-14-27(37-26)38(30(40)44-32(5,6)7)23-28(39)43-31(2,3)4/h12-18,20-21H,10-11,19,22-23,35H2,1-9H3. The Balaban J connectivity index is 2.12. The highest BCUT2D eigenvalue weighted by Gasteiger charge is 2.46. The predicted molar refractivity (Wildman–Crippen MR) is 182 cm³/mol. The largest absolute Gasteiger partial charge is 0.459 e. The molecule has 0 aliphatic rings. The van der Waals surface area contributed by atoms with Gasteiger partial charge in [0.25, 0.3) is 0 Å². The number of thiazole rings is 1. The number of amides is 1. The van der Waals surface area contributed by atoms with Crippen molar-refractivity contribution in [1.82, 2.24) is 9.97 Å². The molecule has 10 nitrogen and oxygen atoms in total. The molecule has 2 heterocycles. The fraction of sp³-hybridized carbons (Fsp3) is 0.529. The zero-order chi connectivity index (χ0) is 34.6. The van der Waals surface area contributed by atoms with Crippen molar-refractivity contribution in [2.75, 3.05) is 11.4 Å². The van der Waals surface area contributed by atoms with Gasteiger partial charge in [-0.2, -0.15) is 0 Å². The van der Waals surface area contributed by atoms with Crippen molar-refractivity contribution >= 4 is 39.1 Å². The molecule has 2 aromatic heterocycles. The molecule has 0 saturated heterocycles. The summed E-state index contributed by atoms with van der Waals surface area (Å²) in [6.07, 6.45) is 3.65. The topological polar surface area (TPSA) is 142 Å². The van der Waals surface area contributed by atoms with Gasteiger partial charge in [0.15, 0.2) is 4.87 Å². The zero-order valence-electron chi connectivity index (χ0n) is 28.4. The smallest absolute Gasteiger partial charge is 0.416 e. The number of nitrogens with two attached hydrogens (primary N) is 1. The van der Waals surface area contributed by atoms with Crippen LogP contribution in [0.15, 0.2) is 58.4 Å². The van der Waals surface area contributed by atoms with E-state index < -0.39 is 44.5 Å². The third-order valence-electron chi connectivity index (χ3n) is 7.24. The quantitative estimate of drug-likeness (QED) is 0.203. The van der Waals surface area contributed by atoms with Crippen LogP contribution in [0.5, 0.6) is 0 Å². The molecule has 2 N–H and O–H groups in total. The lowest BCUT2D eigenvalue weighted by atomic mass is 9.80. The second-order valence-electron chi connectivity index (χ2n) is 14.1. The number of hydrogen-bond donors (Lipinski definition) is 1. The summed E-state index contributed by atoms with van der Waals surface area (Å²) in [5.41, 5.74) is 7.00. The van der Waals surface area contributed by atoms with Gasteiger partial charge in [0.1, 0.15) is 23.6 Å². The van der Waals surface area contributed by atoms with Crippen LogP contribution in [0.4, 0.5) is 10.6 Å². The number of nitrogens with zero attached hydrogens (tertiary/aromatic N) is 3. The third-order valence-corrected chi connectivity index (χ3v) is 10.6. The molecular weight excluding hydrogens is 625 g/mol. The molecule has 3 rings (SSSR count). The van der Waals surface area contributed by atoms with Crippen molar-refractivity contribution in [3.63, 3.8) is 0 Å². The summed E-state index contributed by atoms with van der Waals surface area (Å²) in [4.78, 5) is 33.9. The first-order valence-corrected chi connectivity index (χ1v) is 17.8. The second-order valence-corrected chi connectivity index (χ2v) is 17.4. The number of aromatic nitrogens is 2. The maximum atomic E-state index is 14.2. The van der Waals surface area contributed by atoms with Crippen LogP contribution in [0, 0.1) is 0 Å². The van der Waals surface area contributed by atoms with E-state index in [0.29, 0.717) is 5.56 Å². The van der Waals surface area contributed by atoms with E-state index in [4.69, 9.17) is 15.2 Å². The fourth-order valence-corrected chi connectivity index (χ4v) is 7.57. The normalized spacial score (nSPS) is 14.0. The molecule has 0 radical (unpaired) electrons. The van der Waals surface area contributed by atoms with Crippen molar-refractivity contribution in [1.29, 1.82) is 0 Å². The van der Waals surface area contributed by atoms with Crippen molar-refractivity contribution in [3.8, 4) is 0 Å². The highest BCUT2D eigenvalue weighted by molar-refractivity contribution is 7.94. The Morgan fingerprint density at radius 2 is 1.57 bits per heavy atom. The highest BCUT2D eigenvalue weighted by atomic mass is 32.2. The highest BCUT2D eigenvalue weighted by Crippen LogP contribution is 2.36. The first-order chi connectivity index (χ1) is 21.2. The molecule has 0 bridgehead atoms. The summed E-state index contributed by atoms with van der Waals surface area (Å²) in [6.45, 7) is 16.3. The van der Waals surface area contributed by atoms with Crippen molar-refractivity contribution in [2.24, 2.45) is 5.73 Å². The van der Waals surface area contributed by atoms with Gasteiger partial charge in [-0.1, -0.05) is 63.9 Å². The van der Waals surface area contributed by atoms with Crippen LogP contribution in [0.3, 0.4) is 0 Å². The number of rotatable bonds is 12. The minimum atomic E-state index is -4.30. The van der Waals surface area contributed by atoms with E-state index in [9.17, 15) is 18.0 Å². The Hall–Kier alpha value is -3.35. The Bertz CT molecular complexity index is 1590. The van der Waals surface area contributed by atoms with Gasteiger partial charge >= 0.3 is 12.1 Å². The van der Waals surface area contributed by atoms with E-state index >= 15 is 0 Å². The number of pyridine rings is 1. The Morgan fingerprint density at radius 3 is 2.11 bits per heavy atom. The average Bonchev–Trinajstić information content (AvgIpc) is 3.49. The van der Waals surface area contributed by atoms with Crippen molar-refractivity contribution < 1.29 is 27.5 Å². The van der Waals surface area contributed by atoms with Crippen molar-refractivity contribution in [2.45, 2.75) is 114 Å². The second kappa shape index (κ2) is 14.2. The number of esters is 1. The van der Waals surface area contributed by atoms with Crippen LogP contribution in [-0.4, -0.2) is 48.2 Å². The third kappa shape index (κ3) is 9.36. The van der Waals surface area contributed by atoms with Crippen LogP contribution in [0.25, 0.3) is 0 Å². The molecule has 0 aliphatic heterocycles. The SMILES string of the molecule is CCCCC(C)(C)c1ccc(CC(N)(c2cccc(N(CC(=O)OC(C)(C)C)C(=O)OC(C)(C)C)n2)S(=O)(=O)c2nccs2)cc1. The lowest BCUT2D eigenvalue weighted by Crippen LogP contribution is -2.48. The van der Waals surface area contributed by atoms with Gasteiger partial charge in [0.2, 0.25) is 14.2 Å². The molecule has 0 spiro atoms.